The summed E-state index contributed by atoms with van der Waals surface area (Å²) < 4.78 is 0. The van der Waals surface area contributed by atoms with Crippen LogP contribution in [0.2, 0.25) is 0 Å². The molecule has 0 heterocycles. The highest BCUT2D eigenvalue weighted by atomic mass is 35.5. The number of amides is 1. The minimum Gasteiger partial charge on any atom is -0.351 e. The Labute approximate surface area is 91.4 Å². The maximum Gasteiger partial charge on any atom is 0.223 e. The molecule has 0 bridgehead atoms. The smallest absolute Gasteiger partial charge is 0.223 e. The molecule has 1 N–H and O–H groups in total. The van der Waals surface area contributed by atoms with Crippen LogP contribution in [-0.2, 0) is 4.79 Å². The van der Waals surface area contributed by atoms with E-state index in [0.29, 0.717) is 11.8 Å². The molecule has 1 unspecified atom stereocenters. The fourth-order valence-corrected chi connectivity index (χ4v) is 2.03. The van der Waals surface area contributed by atoms with Crippen LogP contribution in [0.1, 0.15) is 40.0 Å². The van der Waals surface area contributed by atoms with Crippen molar-refractivity contribution in [1.82, 2.24) is 5.32 Å². The minimum atomic E-state index is -0.165. The summed E-state index contributed by atoms with van der Waals surface area (Å²) in [5.74, 6) is 1.57. The number of hydrogen-bond donors (Lipinski definition) is 1. The van der Waals surface area contributed by atoms with Gasteiger partial charge in [0.15, 0.2) is 0 Å². The van der Waals surface area contributed by atoms with Crippen LogP contribution in [0.25, 0.3) is 0 Å². The lowest BCUT2D eigenvalue weighted by Gasteiger charge is -2.27. The molecule has 3 heteroatoms. The molecule has 0 aromatic heterocycles. The number of halogens is 1. The fourth-order valence-electron chi connectivity index (χ4n) is 1.56. The molecule has 0 radical (unpaired) electrons. The standard InChI is InChI=1S/C11H20ClNO/c1-8(9-4-5-9)10(14)13-11(2,3)6-7-12/h8-9H,4-7H2,1-3H3,(H,13,14). The third-order valence-electron chi connectivity index (χ3n) is 2.92. The van der Waals surface area contributed by atoms with E-state index in [9.17, 15) is 4.79 Å². The highest BCUT2D eigenvalue weighted by Crippen LogP contribution is 2.36. The summed E-state index contributed by atoms with van der Waals surface area (Å²) in [4.78, 5) is 11.8. The lowest BCUT2D eigenvalue weighted by atomic mass is 9.98. The average Bonchev–Trinajstić information content (AvgIpc) is 2.83. The van der Waals surface area contributed by atoms with Crippen molar-refractivity contribution in [3.05, 3.63) is 0 Å². The predicted octanol–water partition coefficient (Wildman–Crippen LogP) is 2.56. The van der Waals surface area contributed by atoms with E-state index in [-0.39, 0.29) is 17.4 Å². The summed E-state index contributed by atoms with van der Waals surface area (Å²) >= 11 is 5.67. The molecule has 1 rings (SSSR count). The highest BCUT2D eigenvalue weighted by Gasteiger charge is 2.34. The van der Waals surface area contributed by atoms with Gasteiger partial charge >= 0.3 is 0 Å². The van der Waals surface area contributed by atoms with Gasteiger partial charge in [-0.2, -0.15) is 0 Å². The molecule has 1 aliphatic rings. The molecule has 1 saturated carbocycles. The van der Waals surface area contributed by atoms with Gasteiger partial charge in [-0.1, -0.05) is 6.92 Å². The number of rotatable bonds is 5. The molecular weight excluding hydrogens is 198 g/mol. The summed E-state index contributed by atoms with van der Waals surface area (Å²) in [6.07, 6.45) is 3.24. The SMILES string of the molecule is CC(C(=O)NC(C)(C)CCCl)C1CC1. The van der Waals surface area contributed by atoms with Crippen LogP contribution < -0.4 is 5.32 Å². The zero-order valence-electron chi connectivity index (χ0n) is 9.27. The monoisotopic (exact) mass is 217 g/mol. The van der Waals surface area contributed by atoms with Gasteiger partial charge in [-0.15, -0.1) is 11.6 Å². The molecule has 0 aromatic rings. The second-order valence-electron chi connectivity index (χ2n) is 4.94. The normalized spacial score (nSPS) is 19.1. The Hall–Kier alpha value is -0.240. The molecule has 0 saturated heterocycles. The number of alkyl halides is 1. The second kappa shape index (κ2) is 4.52. The Kier molecular flexibility index (Phi) is 3.82. The van der Waals surface area contributed by atoms with Crippen LogP contribution in [-0.4, -0.2) is 17.3 Å². The van der Waals surface area contributed by atoms with Gasteiger partial charge < -0.3 is 5.32 Å². The van der Waals surface area contributed by atoms with E-state index in [1.54, 1.807) is 0 Å². The van der Waals surface area contributed by atoms with Gasteiger partial charge in [0, 0.05) is 17.3 Å². The van der Waals surface area contributed by atoms with E-state index < -0.39 is 0 Å². The largest absolute Gasteiger partial charge is 0.351 e. The van der Waals surface area contributed by atoms with Crippen molar-refractivity contribution in [2.24, 2.45) is 11.8 Å². The second-order valence-corrected chi connectivity index (χ2v) is 5.32. The molecule has 14 heavy (non-hydrogen) atoms. The molecule has 0 aliphatic heterocycles. The lowest BCUT2D eigenvalue weighted by Crippen LogP contribution is -2.46. The number of carbonyl (C=O) groups excluding carboxylic acids is 1. The van der Waals surface area contributed by atoms with Gasteiger partial charge in [-0.05, 0) is 39.0 Å². The summed E-state index contributed by atoms with van der Waals surface area (Å²) in [7, 11) is 0. The zero-order chi connectivity index (χ0) is 10.8. The van der Waals surface area contributed by atoms with Crippen molar-refractivity contribution in [1.29, 1.82) is 0 Å². The molecule has 1 aliphatic carbocycles. The van der Waals surface area contributed by atoms with Crippen LogP contribution in [0.5, 0.6) is 0 Å². The van der Waals surface area contributed by atoms with Gasteiger partial charge in [-0.3, -0.25) is 4.79 Å². The van der Waals surface area contributed by atoms with E-state index in [0.717, 1.165) is 6.42 Å². The third kappa shape index (κ3) is 3.49. The summed E-state index contributed by atoms with van der Waals surface area (Å²) in [6, 6.07) is 0. The summed E-state index contributed by atoms with van der Waals surface area (Å²) in [5, 5.41) is 3.05. The number of nitrogens with one attached hydrogen (secondary N) is 1. The first-order valence-corrected chi connectivity index (χ1v) is 5.88. The van der Waals surface area contributed by atoms with Crippen LogP contribution in [0.3, 0.4) is 0 Å². The van der Waals surface area contributed by atoms with E-state index in [1.807, 2.05) is 20.8 Å². The van der Waals surface area contributed by atoms with Crippen molar-refractivity contribution in [2.45, 2.75) is 45.6 Å². The summed E-state index contributed by atoms with van der Waals surface area (Å²) in [5.41, 5.74) is -0.165. The average molecular weight is 218 g/mol. The van der Waals surface area contributed by atoms with E-state index in [1.165, 1.54) is 12.8 Å². The molecule has 82 valence electrons. The minimum absolute atomic E-state index is 0.165. The quantitative estimate of drug-likeness (QED) is 0.705. The first-order chi connectivity index (χ1) is 6.46. The van der Waals surface area contributed by atoms with Crippen molar-refractivity contribution < 1.29 is 4.79 Å². The first kappa shape index (κ1) is 11.8. The predicted molar refractivity (Wildman–Crippen MR) is 59.4 cm³/mol. The van der Waals surface area contributed by atoms with Crippen molar-refractivity contribution in [3.63, 3.8) is 0 Å². The van der Waals surface area contributed by atoms with Gasteiger partial charge in [0.1, 0.15) is 0 Å². The lowest BCUT2D eigenvalue weighted by molar-refractivity contribution is -0.126. The van der Waals surface area contributed by atoms with E-state index in [4.69, 9.17) is 11.6 Å². The molecular formula is C11H20ClNO. The van der Waals surface area contributed by atoms with E-state index in [2.05, 4.69) is 5.32 Å². The van der Waals surface area contributed by atoms with Gasteiger partial charge in [0.2, 0.25) is 5.91 Å². The number of hydrogen-bond acceptors (Lipinski definition) is 1. The van der Waals surface area contributed by atoms with Crippen molar-refractivity contribution in [2.75, 3.05) is 5.88 Å². The van der Waals surface area contributed by atoms with E-state index >= 15 is 0 Å². The fraction of sp³-hybridized carbons (Fsp3) is 0.909. The van der Waals surface area contributed by atoms with Crippen LogP contribution in [0.15, 0.2) is 0 Å². The molecule has 1 atom stereocenters. The van der Waals surface area contributed by atoms with Crippen LogP contribution in [0.4, 0.5) is 0 Å². The van der Waals surface area contributed by atoms with Gasteiger partial charge in [-0.25, -0.2) is 0 Å². The van der Waals surface area contributed by atoms with Crippen molar-refractivity contribution in [3.8, 4) is 0 Å². The summed E-state index contributed by atoms with van der Waals surface area (Å²) in [6.45, 7) is 6.06. The van der Waals surface area contributed by atoms with Crippen molar-refractivity contribution >= 4 is 17.5 Å². The number of carbonyl (C=O) groups is 1. The Morgan fingerprint density at radius 2 is 2.14 bits per heavy atom. The Balaban J connectivity index is 2.37. The zero-order valence-corrected chi connectivity index (χ0v) is 10.0. The Morgan fingerprint density at radius 3 is 2.57 bits per heavy atom. The van der Waals surface area contributed by atoms with Gasteiger partial charge in [0.25, 0.3) is 0 Å². The third-order valence-corrected chi connectivity index (χ3v) is 3.11. The van der Waals surface area contributed by atoms with Crippen LogP contribution >= 0.6 is 11.6 Å². The Morgan fingerprint density at radius 1 is 1.57 bits per heavy atom. The molecule has 1 fully saturated rings. The molecule has 0 aromatic carbocycles. The van der Waals surface area contributed by atoms with Crippen LogP contribution in [0, 0.1) is 11.8 Å². The molecule has 0 spiro atoms. The molecule has 1 amide bonds. The topological polar surface area (TPSA) is 29.1 Å². The Bertz CT molecular complexity index is 211. The highest BCUT2D eigenvalue weighted by molar-refractivity contribution is 6.17. The maximum absolute atomic E-state index is 11.8. The maximum atomic E-state index is 11.8. The van der Waals surface area contributed by atoms with Gasteiger partial charge in [0.05, 0.1) is 0 Å². The first-order valence-electron chi connectivity index (χ1n) is 5.34. The molecule has 2 nitrogen and oxygen atoms in total.